The quantitative estimate of drug-likeness (QED) is 0.377. The summed E-state index contributed by atoms with van der Waals surface area (Å²) < 4.78 is 5.38. The summed E-state index contributed by atoms with van der Waals surface area (Å²) in [7, 11) is 1.61. The molecule has 0 radical (unpaired) electrons. The Balaban J connectivity index is 1.61. The Bertz CT molecular complexity index is 1390. The van der Waals surface area contributed by atoms with Crippen molar-refractivity contribution >= 4 is 23.2 Å². The number of hydrogen-bond donors (Lipinski definition) is 0. The topological polar surface area (TPSA) is 59.1 Å². The van der Waals surface area contributed by atoms with Crippen molar-refractivity contribution in [2.75, 3.05) is 17.1 Å². The van der Waals surface area contributed by atoms with Gasteiger partial charge in [-0.25, -0.2) is 9.96 Å². The molecule has 2 aliphatic heterocycles. The highest BCUT2D eigenvalue weighted by molar-refractivity contribution is 6.28. The molecule has 0 saturated carbocycles. The van der Waals surface area contributed by atoms with Gasteiger partial charge in [0.1, 0.15) is 17.2 Å². The molecule has 2 fully saturated rings. The second-order valence-electron chi connectivity index (χ2n) is 8.87. The van der Waals surface area contributed by atoms with Gasteiger partial charge in [-0.3, -0.25) is 14.4 Å². The van der Waals surface area contributed by atoms with Gasteiger partial charge >= 0.3 is 0 Å². The lowest BCUT2D eigenvalue weighted by molar-refractivity contribution is -0.126. The maximum absolute atomic E-state index is 14.6. The monoisotopic (exact) mass is 476 g/mol. The fourth-order valence-electron chi connectivity index (χ4n) is 5.39. The maximum Gasteiger partial charge on any atom is 0.267 e. The summed E-state index contributed by atoms with van der Waals surface area (Å²) in [5.41, 5.74) is 1.54. The number of benzene rings is 4. The molecule has 36 heavy (non-hydrogen) atoms. The molecule has 0 aromatic heterocycles. The predicted molar refractivity (Wildman–Crippen MR) is 137 cm³/mol. The number of carbonyl (C=O) groups is 2. The third-order valence-corrected chi connectivity index (χ3v) is 7.01. The first-order valence-electron chi connectivity index (χ1n) is 11.8. The fraction of sp³-hybridized carbons (Fsp3) is 0.133. The molecular weight excluding hydrogens is 452 g/mol. The number of methoxy groups -OCH3 is 1. The zero-order valence-electron chi connectivity index (χ0n) is 19.7. The Kier molecular flexibility index (Phi) is 5.31. The Morgan fingerprint density at radius 3 is 1.86 bits per heavy atom. The number of carbonyl (C=O) groups excluding carboxylic acids is 2. The maximum atomic E-state index is 14.6. The van der Waals surface area contributed by atoms with Crippen LogP contribution in [0.15, 0.2) is 115 Å². The molecule has 2 amide bonds. The average molecular weight is 477 g/mol. The van der Waals surface area contributed by atoms with Gasteiger partial charge in [-0.1, -0.05) is 78.9 Å². The van der Waals surface area contributed by atoms with Gasteiger partial charge in [-0.05, 0) is 47.5 Å². The standard InChI is InChI=1S/C30H24N2O4/c1-35-25-19-17-21(18-20-25)26-30(22-11-5-2-6-12-22)27(36-32(26)24-15-9-4-10-16-24)28(33)31(29(30)34)23-13-7-3-8-14-23/h2-20,26-27H,1H3/t26-,27+,30+/m1/s1. The fourth-order valence-corrected chi connectivity index (χ4v) is 5.39. The van der Waals surface area contributed by atoms with E-state index in [4.69, 9.17) is 9.57 Å². The van der Waals surface area contributed by atoms with Crippen LogP contribution in [-0.4, -0.2) is 25.0 Å². The number of hydrogen-bond acceptors (Lipinski definition) is 5. The molecule has 4 aromatic rings. The van der Waals surface area contributed by atoms with E-state index in [1.165, 1.54) is 4.90 Å². The number of anilines is 2. The zero-order chi connectivity index (χ0) is 24.7. The summed E-state index contributed by atoms with van der Waals surface area (Å²) in [5.74, 6) is 0.00937. The smallest absolute Gasteiger partial charge is 0.267 e. The van der Waals surface area contributed by atoms with Crippen LogP contribution in [-0.2, 0) is 19.8 Å². The van der Waals surface area contributed by atoms with E-state index < -0.39 is 17.6 Å². The Morgan fingerprint density at radius 1 is 0.722 bits per heavy atom. The molecule has 178 valence electrons. The molecule has 3 atom stereocenters. The van der Waals surface area contributed by atoms with Gasteiger partial charge in [0.2, 0.25) is 5.91 Å². The van der Waals surface area contributed by atoms with Crippen molar-refractivity contribution in [1.29, 1.82) is 0 Å². The number of rotatable bonds is 5. The second-order valence-corrected chi connectivity index (χ2v) is 8.87. The van der Waals surface area contributed by atoms with Crippen LogP contribution < -0.4 is 14.7 Å². The number of ether oxygens (including phenoxy) is 1. The largest absolute Gasteiger partial charge is 0.497 e. The summed E-state index contributed by atoms with van der Waals surface area (Å²) in [6.45, 7) is 0. The Hall–Kier alpha value is -4.42. The van der Waals surface area contributed by atoms with Crippen LogP contribution in [0.2, 0.25) is 0 Å². The van der Waals surface area contributed by atoms with Crippen LogP contribution >= 0.6 is 0 Å². The average Bonchev–Trinajstić information content (AvgIpc) is 3.41. The molecule has 4 aromatic carbocycles. The van der Waals surface area contributed by atoms with Gasteiger partial charge in [-0.2, -0.15) is 0 Å². The Labute approximate surface area is 209 Å². The molecule has 2 heterocycles. The molecular formula is C30H24N2O4. The highest BCUT2D eigenvalue weighted by Crippen LogP contribution is 2.57. The third kappa shape index (κ3) is 3.15. The van der Waals surface area contributed by atoms with Gasteiger partial charge in [0.15, 0.2) is 6.10 Å². The van der Waals surface area contributed by atoms with E-state index in [1.807, 2.05) is 103 Å². The minimum absolute atomic E-state index is 0.311. The van der Waals surface area contributed by atoms with Crippen molar-refractivity contribution in [2.24, 2.45) is 0 Å². The van der Waals surface area contributed by atoms with E-state index in [0.717, 1.165) is 16.8 Å². The molecule has 2 aliphatic rings. The molecule has 0 aliphatic carbocycles. The first-order chi connectivity index (χ1) is 17.7. The van der Waals surface area contributed by atoms with Crippen LogP contribution in [0.1, 0.15) is 17.2 Å². The van der Waals surface area contributed by atoms with Gasteiger partial charge in [0, 0.05) is 0 Å². The van der Waals surface area contributed by atoms with Gasteiger partial charge in [-0.15, -0.1) is 0 Å². The van der Waals surface area contributed by atoms with Crippen molar-refractivity contribution in [2.45, 2.75) is 17.6 Å². The normalized spacial score (nSPS) is 23.1. The zero-order valence-corrected chi connectivity index (χ0v) is 19.7. The minimum atomic E-state index is -1.31. The summed E-state index contributed by atoms with van der Waals surface area (Å²) in [4.78, 5) is 36.3. The second kappa shape index (κ2) is 8.66. The number of amides is 2. The lowest BCUT2D eigenvalue weighted by Gasteiger charge is -2.35. The molecule has 2 saturated heterocycles. The lowest BCUT2D eigenvalue weighted by Crippen LogP contribution is -2.46. The molecule has 0 N–H and O–H groups in total. The van der Waals surface area contributed by atoms with Crippen molar-refractivity contribution in [1.82, 2.24) is 0 Å². The van der Waals surface area contributed by atoms with Gasteiger partial charge in [0.05, 0.1) is 18.5 Å². The van der Waals surface area contributed by atoms with Crippen molar-refractivity contribution in [3.8, 4) is 5.75 Å². The van der Waals surface area contributed by atoms with Crippen LogP contribution in [0.3, 0.4) is 0 Å². The van der Waals surface area contributed by atoms with Gasteiger partial charge < -0.3 is 4.74 Å². The first-order valence-corrected chi connectivity index (χ1v) is 11.8. The Morgan fingerprint density at radius 2 is 1.28 bits per heavy atom. The number of hydroxylamine groups is 1. The van der Waals surface area contributed by atoms with Crippen molar-refractivity contribution < 1.29 is 19.2 Å². The molecule has 6 rings (SSSR count). The molecule has 6 nitrogen and oxygen atoms in total. The predicted octanol–water partition coefficient (Wildman–Crippen LogP) is 5.07. The third-order valence-electron chi connectivity index (χ3n) is 7.01. The number of nitrogens with zero attached hydrogens (tertiary/aromatic N) is 2. The first kappa shape index (κ1) is 22.1. The van der Waals surface area contributed by atoms with E-state index in [9.17, 15) is 9.59 Å². The number of fused-ring (bicyclic) bond motifs is 1. The van der Waals surface area contributed by atoms with E-state index in [-0.39, 0.29) is 11.8 Å². The number of imide groups is 1. The summed E-state index contributed by atoms with van der Waals surface area (Å²) >= 11 is 0. The molecule has 6 heteroatoms. The van der Waals surface area contributed by atoms with Crippen molar-refractivity contribution in [3.05, 3.63) is 126 Å². The van der Waals surface area contributed by atoms with Crippen LogP contribution in [0.4, 0.5) is 11.4 Å². The van der Waals surface area contributed by atoms with E-state index >= 15 is 0 Å². The number of para-hydroxylation sites is 2. The SMILES string of the molecule is COc1ccc([C@H]2N(c3ccccc3)O[C@H]3C(=O)N(c4ccccc4)C(=O)[C@]32c2ccccc2)cc1. The highest BCUT2D eigenvalue weighted by Gasteiger charge is 2.72. The van der Waals surface area contributed by atoms with E-state index in [2.05, 4.69) is 0 Å². The molecule has 0 spiro atoms. The van der Waals surface area contributed by atoms with Crippen LogP contribution in [0, 0.1) is 0 Å². The minimum Gasteiger partial charge on any atom is -0.497 e. The van der Waals surface area contributed by atoms with Gasteiger partial charge in [0.25, 0.3) is 5.91 Å². The summed E-state index contributed by atoms with van der Waals surface area (Å²) in [5, 5.41) is 1.72. The van der Waals surface area contributed by atoms with E-state index in [1.54, 1.807) is 24.3 Å². The summed E-state index contributed by atoms with van der Waals surface area (Å²) in [6.07, 6.45) is -1.04. The summed E-state index contributed by atoms with van der Waals surface area (Å²) in [6, 6.07) is 35.1. The van der Waals surface area contributed by atoms with Crippen molar-refractivity contribution in [3.63, 3.8) is 0 Å². The molecule has 0 bridgehead atoms. The molecule has 0 unspecified atom stereocenters. The highest BCUT2D eigenvalue weighted by atomic mass is 16.7. The van der Waals surface area contributed by atoms with E-state index in [0.29, 0.717) is 11.4 Å². The van der Waals surface area contributed by atoms with Crippen LogP contribution in [0.5, 0.6) is 5.75 Å². The van der Waals surface area contributed by atoms with Crippen LogP contribution in [0.25, 0.3) is 0 Å². The lowest BCUT2D eigenvalue weighted by atomic mass is 9.69.